The van der Waals surface area contributed by atoms with Gasteiger partial charge in [0.05, 0.1) is 0 Å². The summed E-state index contributed by atoms with van der Waals surface area (Å²) < 4.78 is 5.43. The van der Waals surface area contributed by atoms with Crippen molar-refractivity contribution in [3.63, 3.8) is 0 Å². The van der Waals surface area contributed by atoms with Crippen LogP contribution in [0.25, 0.3) is 0 Å². The van der Waals surface area contributed by atoms with Crippen molar-refractivity contribution in [2.45, 2.75) is 53.1 Å². The second-order valence-corrected chi connectivity index (χ2v) is 6.99. The standard InChI is InChI=1S/C15H30N2O2/c1-12(2)9-16-10-13-7-6-8-17(11-13)14(18)19-15(3,4)5/h12-13,16H,6-11H2,1-5H3/t13-/m1/s1. The molecule has 0 aromatic heterocycles. The number of ether oxygens (including phenoxy) is 1. The molecule has 1 amide bonds. The summed E-state index contributed by atoms with van der Waals surface area (Å²) in [5.74, 6) is 1.23. The molecule has 0 aliphatic carbocycles. The zero-order chi connectivity index (χ0) is 14.5. The van der Waals surface area contributed by atoms with Crippen molar-refractivity contribution in [2.24, 2.45) is 11.8 Å². The highest BCUT2D eigenvalue weighted by atomic mass is 16.6. The quantitative estimate of drug-likeness (QED) is 0.854. The Labute approximate surface area is 117 Å². The lowest BCUT2D eigenvalue weighted by Crippen LogP contribution is -2.45. The third-order valence-electron chi connectivity index (χ3n) is 3.16. The number of nitrogens with zero attached hydrogens (tertiary/aromatic N) is 1. The fourth-order valence-electron chi connectivity index (χ4n) is 2.30. The Morgan fingerprint density at radius 2 is 2.11 bits per heavy atom. The van der Waals surface area contributed by atoms with Crippen molar-refractivity contribution in [3.8, 4) is 0 Å². The first-order valence-electron chi connectivity index (χ1n) is 7.46. The molecule has 4 heteroatoms. The summed E-state index contributed by atoms with van der Waals surface area (Å²) >= 11 is 0. The second-order valence-electron chi connectivity index (χ2n) is 6.99. The van der Waals surface area contributed by atoms with E-state index in [1.165, 1.54) is 6.42 Å². The van der Waals surface area contributed by atoms with Crippen molar-refractivity contribution >= 4 is 6.09 Å². The van der Waals surface area contributed by atoms with Gasteiger partial charge in [0.25, 0.3) is 0 Å². The van der Waals surface area contributed by atoms with Crippen LogP contribution in [0.5, 0.6) is 0 Å². The molecule has 1 aliphatic rings. The fraction of sp³-hybridized carbons (Fsp3) is 0.933. The molecule has 1 atom stereocenters. The summed E-state index contributed by atoms with van der Waals surface area (Å²) in [4.78, 5) is 13.9. The smallest absolute Gasteiger partial charge is 0.410 e. The maximum absolute atomic E-state index is 12.0. The molecule has 112 valence electrons. The van der Waals surface area contributed by atoms with Gasteiger partial charge in [-0.05, 0) is 58.5 Å². The van der Waals surface area contributed by atoms with E-state index in [9.17, 15) is 4.79 Å². The van der Waals surface area contributed by atoms with E-state index in [-0.39, 0.29) is 6.09 Å². The van der Waals surface area contributed by atoms with Crippen LogP contribution in [-0.4, -0.2) is 42.8 Å². The summed E-state index contributed by atoms with van der Waals surface area (Å²) in [6, 6.07) is 0. The van der Waals surface area contributed by atoms with Gasteiger partial charge >= 0.3 is 6.09 Å². The Balaban J connectivity index is 2.35. The Hall–Kier alpha value is -0.770. The molecular weight excluding hydrogens is 240 g/mol. The molecule has 0 saturated carbocycles. The van der Waals surface area contributed by atoms with E-state index < -0.39 is 5.60 Å². The molecule has 1 fully saturated rings. The van der Waals surface area contributed by atoms with E-state index in [4.69, 9.17) is 4.74 Å². The van der Waals surface area contributed by atoms with Crippen molar-refractivity contribution in [1.82, 2.24) is 10.2 Å². The lowest BCUT2D eigenvalue weighted by molar-refractivity contribution is 0.0166. The van der Waals surface area contributed by atoms with Crippen LogP contribution in [0, 0.1) is 11.8 Å². The fourth-order valence-corrected chi connectivity index (χ4v) is 2.30. The number of nitrogens with one attached hydrogen (secondary N) is 1. The molecule has 19 heavy (non-hydrogen) atoms. The van der Waals surface area contributed by atoms with Gasteiger partial charge in [-0.2, -0.15) is 0 Å². The number of piperidine rings is 1. The van der Waals surface area contributed by atoms with Gasteiger partial charge in [-0.15, -0.1) is 0 Å². The molecule has 1 heterocycles. The molecule has 1 rings (SSSR count). The van der Waals surface area contributed by atoms with Gasteiger partial charge in [-0.3, -0.25) is 0 Å². The summed E-state index contributed by atoms with van der Waals surface area (Å²) in [7, 11) is 0. The number of carbonyl (C=O) groups excluding carboxylic acids is 1. The Bertz CT molecular complexity index is 284. The second kappa shape index (κ2) is 7.13. The third-order valence-corrected chi connectivity index (χ3v) is 3.16. The maximum Gasteiger partial charge on any atom is 0.410 e. The SMILES string of the molecule is CC(C)CNC[C@H]1CCCN(C(=O)OC(C)(C)C)C1. The number of hydrogen-bond donors (Lipinski definition) is 1. The van der Waals surface area contributed by atoms with Gasteiger partial charge in [-0.25, -0.2) is 4.79 Å². The van der Waals surface area contributed by atoms with Crippen molar-refractivity contribution in [2.75, 3.05) is 26.2 Å². The van der Waals surface area contributed by atoms with Gasteiger partial charge in [0, 0.05) is 13.1 Å². The zero-order valence-electron chi connectivity index (χ0n) is 13.2. The van der Waals surface area contributed by atoms with E-state index in [2.05, 4.69) is 19.2 Å². The topological polar surface area (TPSA) is 41.6 Å². The summed E-state index contributed by atoms with van der Waals surface area (Å²) in [6.07, 6.45) is 2.11. The monoisotopic (exact) mass is 270 g/mol. The minimum Gasteiger partial charge on any atom is -0.444 e. The molecule has 4 nitrogen and oxygen atoms in total. The number of likely N-dealkylation sites (tertiary alicyclic amines) is 1. The first-order valence-corrected chi connectivity index (χ1v) is 7.46. The maximum atomic E-state index is 12.0. The van der Waals surface area contributed by atoms with Crippen LogP contribution in [0.2, 0.25) is 0 Å². The zero-order valence-corrected chi connectivity index (χ0v) is 13.2. The van der Waals surface area contributed by atoms with Gasteiger partial charge in [-0.1, -0.05) is 13.8 Å². The first-order chi connectivity index (χ1) is 8.78. The van der Waals surface area contributed by atoms with E-state index in [1.54, 1.807) is 0 Å². The molecule has 1 aliphatic heterocycles. The Kier molecular flexibility index (Phi) is 6.11. The highest BCUT2D eigenvalue weighted by Gasteiger charge is 2.27. The Morgan fingerprint density at radius 1 is 1.42 bits per heavy atom. The minimum absolute atomic E-state index is 0.166. The predicted molar refractivity (Wildman–Crippen MR) is 78.2 cm³/mol. The molecule has 1 N–H and O–H groups in total. The van der Waals surface area contributed by atoms with Gasteiger partial charge < -0.3 is 15.0 Å². The van der Waals surface area contributed by atoms with E-state index >= 15 is 0 Å². The van der Waals surface area contributed by atoms with Crippen LogP contribution < -0.4 is 5.32 Å². The average molecular weight is 270 g/mol. The number of amides is 1. The Morgan fingerprint density at radius 3 is 2.68 bits per heavy atom. The van der Waals surface area contributed by atoms with Crippen LogP contribution in [0.15, 0.2) is 0 Å². The van der Waals surface area contributed by atoms with E-state index in [1.807, 2.05) is 25.7 Å². The van der Waals surface area contributed by atoms with E-state index in [0.29, 0.717) is 11.8 Å². The van der Waals surface area contributed by atoms with Crippen LogP contribution in [-0.2, 0) is 4.74 Å². The molecule has 0 spiro atoms. The predicted octanol–water partition coefficient (Wildman–Crippen LogP) is 2.88. The molecule has 0 bridgehead atoms. The van der Waals surface area contributed by atoms with Crippen LogP contribution in [0.1, 0.15) is 47.5 Å². The molecule has 0 aromatic rings. The normalized spacial score (nSPS) is 20.7. The largest absolute Gasteiger partial charge is 0.444 e. The highest BCUT2D eigenvalue weighted by Crippen LogP contribution is 2.18. The molecule has 1 saturated heterocycles. The molecule has 0 unspecified atom stereocenters. The van der Waals surface area contributed by atoms with Gasteiger partial charge in [0.2, 0.25) is 0 Å². The molecule has 0 radical (unpaired) electrons. The first kappa shape index (κ1) is 16.3. The summed E-state index contributed by atoms with van der Waals surface area (Å²) in [5, 5.41) is 3.48. The van der Waals surface area contributed by atoms with Crippen molar-refractivity contribution < 1.29 is 9.53 Å². The van der Waals surface area contributed by atoms with E-state index in [0.717, 1.165) is 32.6 Å². The molecular formula is C15H30N2O2. The molecule has 0 aromatic carbocycles. The van der Waals surface area contributed by atoms with Crippen LogP contribution >= 0.6 is 0 Å². The van der Waals surface area contributed by atoms with Crippen molar-refractivity contribution in [1.29, 1.82) is 0 Å². The lowest BCUT2D eigenvalue weighted by Gasteiger charge is -2.34. The van der Waals surface area contributed by atoms with Crippen LogP contribution in [0.3, 0.4) is 0 Å². The average Bonchev–Trinajstić information content (AvgIpc) is 2.26. The third kappa shape index (κ3) is 6.81. The lowest BCUT2D eigenvalue weighted by atomic mass is 9.98. The van der Waals surface area contributed by atoms with Crippen LogP contribution in [0.4, 0.5) is 4.79 Å². The summed E-state index contributed by atoms with van der Waals surface area (Å²) in [6.45, 7) is 13.8. The number of hydrogen-bond acceptors (Lipinski definition) is 3. The number of rotatable bonds is 4. The minimum atomic E-state index is -0.403. The van der Waals surface area contributed by atoms with Crippen molar-refractivity contribution in [3.05, 3.63) is 0 Å². The van der Waals surface area contributed by atoms with Gasteiger partial charge in [0.15, 0.2) is 0 Å². The highest BCUT2D eigenvalue weighted by molar-refractivity contribution is 5.68. The number of carbonyl (C=O) groups is 1. The summed E-state index contributed by atoms with van der Waals surface area (Å²) in [5.41, 5.74) is -0.403. The van der Waals surface area contributed by atoms with Gasteiger partial charge in [0.1, 0.15) is 5.60 Å².